The van der Waals surface area contributed by atoms with Crippen LogP contribution in [0, 0.1) is 0 Å². The standard InChI is InChI=1S/C28H42O9SSi/c1-18(29)34-20-16-28(32-8,25(30)31-7)37-23(24(20)38-19-14-12-11-13-15-19)22-21(35-27(5,6)36-22)17-33-39(9,10)26(2,3)4/h11-15,20-22H,16-17H2,1-10H3/t20-,21+,22+,28-/m0/s1. The number of hydrogen-bond donors (Lipinski definition) is 0. The van der Waals surface area contributed by atoms with E-state index in [0.717, 1.165) is 4.90 Å². The van der Waals surface area contributed by atoms with Crippen LogP contribution in [0.25, 0.3) is 0 Å². The summed E-state index contributed by atoms with van der Waals surface area (Å²) in [6.07, 6.45) is -2.33. The van der Waals surface area contributed by atoms with Gasteiger partial charge in [-0.15, -0.1) is 0 Å². The quantitative estimate of drug-likeness (QED) is 0.278. The van der Waals surface area contributed by atoms with Crippen LogP contribution in [-0.4, -0.2) is 71.0 Å². The molecule has 0 radical (unpaired) electrons. The Kier molecular flexibility index (Phi) is 9.67. The molecule has 0 aliphatic carbocycles. The van der Waals surface area contributed by atoms with Gasteiger partial charge in [0.15, 0.2) is 14.1 Å². The van der Waals surface area contributed by atoms with Gasteiger partial charge in [-0.1, -0.05) is 50.7 Å². The maximum atomic E-state index is 13.0. The molecular weight excluding hydrogens is 540 g/mol. The lowest BCUT2D eigenvalue weighted by atomic mass is 10.00. The first kappa shape index (κ1) is 31.6. The van der Waals surface area contributed by atoms with Crippen molar-refractivity contribution in [2.45, 2.75) is 101 Å². The lowest BCUT2D eigenvalue weighted by Crippen LogP contribution is -2.53. The van der Waals surface area contributed by atoms with Crippen LogP contribution in [0.5, 0.6) is 0 Å². The van der Waals surface area contributed by atoms with E-state index in [9.17, 15) is 9.59 Å². The zero-order valence-corrected chi connectivity index (χ0v) is 26.4. The van der Waals surface area contributed by atoms with Crippen LogP contribution in [0.15, 0.2) is 45.9 Å². The molecule has 2 aliphatic rings. The maximum absolute atomic E-state index is 13.0. The van der Waals surface area contributed by atoms with E-state index >= 15 is 0 Å². The Bertz CT molecular complexity index is 1070. The number of carbonyl (C=O) groups is 2. The zero-order valence-electron chi connectivity index (χ0n) is 24.6. The third-order valence-electron chi connectivity index (χ3n) is 7.23. The minimum absolute atomic E-state index is 0.0110. The fourth-order valence-electron chi connectivity index (χ4n) is 4.17. The topological polar surface area (TPSA) is 98.8 Å². The summed E-state index contributed by atoms with van der Waals surface area (Å²) in [4.78, 5) is 26.7. The van der Waals surface area contributed by atoms with Gasteiger partial charge in [-0.2, -0.15) is 0 Å². The Balaban J connectivity index is 2.14. The number of carbonyl (C=O) groups excluding carboxylic acids is 2. The molecule has 9 nitrogen and oxygen atoms in total. The van der Waals surface area contributed by atoms with Crippen LogP contribution < -0.4 is 0 Å². The average Bonchev–Trinajstić information content (AvgIpc) is 3.17. The summed E-state index contributed by atoms with van der Waals surface area (Å²) in [7, 11) is 0.463. The predicted octanol–water partition coefficient (Wildman–Crippen LogP) is 5.40. The molecule has 0 N–H and O–H groups in total. The van der Waals surface area contributed by atoms with Gasteiger partial charge in [0.2, 0.25) is 0 Å². The van der Waals surface area contributed by atoms with Crippen molar-refractivity contribution in [3.05, 3.63) is 41.0 Å². The van der Waals surface area contributed by atoms with Crippen LogP contribution in [0.3, 0.4) is 0 Å². The molecule has 0 saturated carbocycles. The van der Waals surface area contributed by atoms with E-state index in [1.165, 1.54) is 32.9 Å². The smallest absolute Gasteiger partial charge is 0.379 e. The van der Waals surface area contributed by atoms with Gasteiger partial charge < -0.3 is 32.8 Å². The molecular formula is C28H42O9SSi. The highest BCUT2D eigenvalue weighted by molar-refractivity contribution is 8.03. The van der Waals surface area contributed by atoms with Crippen molar-refractivity contribution in [2.75, 3.05) is 20.8 Å². The SMILES string of the molecule is COC(=O)[C@]1(OC)C[C@H](OC(C)=O)C(Sc2ccccc2)=C([C@@H]2OC(C)(C)O[C@@H]2CO[Si](C)(C)C(C)(C)C)O1. The van der Waals surface area contributed by atoms with Crippen molar-refractivity contribution in [1.82, 2.24) is 0 Å². The van der Waals surface area contributed by atoms with Gasteiger partial charge in [-0.05, 0) is 44.1 Å². The van der Waals surface area contributed by atoms with E-state index in [1.807, 2.05) is 44.2 Å². The number of methoxy groups -OCH3 is 2. The van der Waals surface area contributed by atoms with Gasteiger partial charge in [0.25, 0.3) is 0 Å². The Labute approximate surface area is 237 Å². The monoisotopic (exact) mass is 582 g/mol. The van der Waals surface area contributed by atoms with E-state index in [-0.39, 0.29) is 23.8 Å². The molecule has 0 spiro atoms. The summed E-state index contributed by atoms with van der Waals surface area (Å²) in [6, 6.07) is 9.61. The van der Waals surface area contributed by atoms with Gasteiger partial charge >= 0.3 is 17.7 Å². The number of ether oxygens (including phenoxy) is 6. The number of rotatable bonds is 9. The summed E-state index contributed by atoms with van der Waals surface area (Å²) in [5.74, 6) is -3.81. The fraction of sp³-hybridized carbons (Fsp3) is 0.643. The number of hydrogen-bond acceptors (Lipinski definition) is 10. The summed E-state index contributed by atoms with van der Waals surface area (Å²) in [6.45, 7) is 16.0. The van der Waals surface area contributed by atoms with Crippen molar-refractivity contribution in [3.8, 4) is 0 Å². The number of benzene rings is 1. The van der Waals surface area contributed by atoms with Gasteiger partial charge in [0.05, 0.1) is 25.0 Å². The van der Waals surface area contributed by atoms with Crippen molar-refractivity contribution in [3.63, 3.8) is 0 Å². The first-order valence-corrected chi connectivity index (χ1v) is 16.7. The predicted molar refractivity (Wildman–Crippen MR) is 149 cm³/mol. The Morgan fingerprint density at radius 1 is 1.10 bits per heavy atom. The zero-order chi connectivity index (χ0) is 29.2. The fourth-order valence-corrected chi connectivity index (χ4v) is 6.25. The number of esters is 2. The Hall–Kier alpha value is -1.89. The minimum atomic E-state index is -2.14. The third-order valence-corrected chi connectivity index (χ3v) is 12.9. The summed E-state index contributed by atoms with van der Waals surface area (Å²) >= 11 is 1.37. The second-order valence-corrected chi connectivity index (χ2v) is 17.6. The number of thioether (sulfide) groups is 1. The molecule has 0 unspecified atom stereocenters. The largest absolute Gasteiger partial charge is 0.464 e. The van der Waals surface area contributed by atoms with Crippen LogP contribution >= 0.6 is 11.8 Å². The Morgan fingerprint density at radius 3 is 2.28 bits per heavy atom. The van der Waals surface area contributed by atoms with Crippen molar-refractivity contribution >= 4 is 32.0 Å². The first-order chi connectivity index (χ1) is 18.0. The Morgan fingerprint density at radius 2 is 1.74 bits per heavy atom. The molecule has 218 valence electrons. The summed E-state index contributed by atoms with van der Waals surface area (Å²) < 4.78 is 42.1. The average molecular weight is 583 g/mol. The van der Waals surface area contributed by atoms with Gasteiger partial charge in [-0.3, -0.25) is 4.79 Å². The molecule has 3 rings (SSSR count). The molecule has 4 atom stereocenters. The van der Waals surface area contributed by atoms with Crippen LogP contribution in [0.4, 0.5) is 0 Å². The molecule has 39 heavy (non-hydrogen) atoms. The van der Waals surface area contributed by atoms with Crippen LogP contribution in [0.1, 0.15) is 48.0 Å². The lowest BCUT2D eigenvalue weighted by Gasteiger charge is -2.41. The lowest BCUT2D eigenvalue weighted by molar-refractivity contribution is -0.245. The highest BCUT2D eigenvalue weighted by atomic mass is 32.2. The molecule has 2 aliphatic heterocycles. The van der Waals surface area contributed by atoms with E-state index in [1.54, 1.807) is 0 Å². The normalized spacial score (nSPS) is 27.2. The maximum Gasteiger partial charge on any atom is 0.379 e. The van der Waals surface area contributed by atoms with Crippen LogP contribution in [0.2, 0.25) is 18.1 Å². The van der Waals surface area contributed by atoms with Crippen molar-refractivity contribution in [2.24, 2.45) is 0 Å². The van der Waals surface area contributed by atoms with Crippen molar-refractivity contribution < 1.29 is 42.4 Å². The molecule has 11 heteroatoms. The van der Waals surface area contributed by atoms with E-state index < -0.39 is 50.1 Å². The highest BCUT2D eigenvalue weighted by Gasteiger charge is 2.56. The second-order valence-electron chi connectivity index (χ2n) is 11.7. The highest BCUT2D eigenvalue weighted by Crippen LogP contribution is 2.47. The van der Waals surface area contributed by atoms with E-state index in [4.69, 9.17) is 32.8 Å². The second kappa shape index (κ2) is 11.9. The van der Waals surface area contributed by atoms with Crippen molar-refractivity contribution in [1.29, 1.82) is 0 Å². The molecule has 2 heterocycles. The van der Waals surface area contributed by atoms with E-state index in [2.05, 4.69) is 33.9 Å². The van der Waals surface area contributed by atoms with Gasteiger partial charge in [0.1, 0.15) is 24.1 Å². The molecule has 0 aromatic heterocycles. The first-order valence-electron chi connectivity index (χ1n) is 13.0. The molecule has 1 saturated heterocycles. The molecule has 1 aromatic rings. The van der Waals surface area contributed by atoms with Gasteiger partial charge in [-0.25, -0.2) is 4.79 Å². The molecule has 1 aromatic carbocycles. The van der Waals surface area contributed by atoms with Gasteiger partial charge in [0, 0.05) is 18.9 Å². The molecule has 1 fully saturated rings. The summed E-state index contributed by atoms with van der Waals surface area (Å²) in [5, 5.41) is -0.0110. The molecule has 0 amide bonds. The summed E-state index contributed by atoms with van der Waals surface area (Å²) in [5.41, 5.74) is 0. The van der Waals surface area contributed by atoms with E-state index in [0.29, 0.717) is 4.91 Å². The molecule has 0 bridgehead atoms. The van der Waals surface area contributed by atoms with Crippen LogP contribution in [-0.2, 0) is 42.4 Å². The third kappa shape index (κ3) is 7.25. The minimum Gasteiger partial charge on any atom is -0.464 e.